The largest absolute Gasteiger partial charge is 0.333 e. The van der Waals surface area contributed by atoms with Gasteiger partial charge in [-0.25, -0.2) is 4.79 Å². The van der Waals surface area contributed by atoms with Gasteiger partial charge in [-0.3, -0.25) is 4.79 Å². The molecule has 0 saturated carbocycles. The van der Waals surface area contributed by atoms with Gasteiger partial charge in [0.15, 0.2) is 0 Å². The molecule has 2 aromatic carbocycles. The molecule has 4 rings (SSSR count). The van der Waals surface area contributed by atoms with Crippen LogP contribution in [0.15, 0.2) is 70.8 Å². The zero-order valence-corrected chi connectivity index (χ0v) is 15.9. The number of hydrogen-bond acceptors (Lipinski definition) is 3. The van der Waals surface area contributed by atoms with Gasteiger partial charge in [-0.1, -0.05) is 42.5 Å². The van der Waals surface area contributed by atoms with E-state index in [1.807, 2.05) is 53.6 Å². The number of hydrogen-bond donors (Lipinski definition) is 2. The van der Waals surface area contributed by atoms with Crippen molar-refractivity contribution in [3.63, 3.8) is 0 Å². The van der Waals surface area contributed by atoms with Crippen LogP contribution in [0.1, 0.15) is 17.2 Å². The highest BCUT2D eigenvalue weighted by atomic mass is 32.2. The number of rotatable bonds is 5. The van der Waals surface area contributed by atoms with Crippen molar-refractivity contribution in [1.29, 1.82) is 0 Å². The molecule has 0 aromatic heterocycles. The zero-order chi connectivity index (χ0) is 18.8. The van der Waals surface area contributed by atoms with Gasteiger partial charge in [0.1, 0.15) is 0 Å². The third kappa shape index (κ3) is 3.57. The maximum Gasteiger partial charge on any atom is 0.319 e. The summed E-state index contributed by atoms with van der Waals surface area (Å²) >= 11 is 1.66. The van der Waals surface area contributed by atoms with E-state index in [2.05, 4.69) is 22.8 Å². The van der Waals surface area contributed by atoms with Crippen LogP contribution in [-0.4, -0.2) is 36.2 Å². The second-order valence-electron chi connectivity index (χ2n) is 6.66. The first kappa shape index (κ1) is 17.7. The summed E-state index contributed by atoms with van der Waals surface area (Å²) in [5, 5.41) is 5.73. The highest BCUT2D eigenvalue weighted by Gasteiger charge is 2.40. The Morgan fingerprint density at radius 2 is 1.81 bits per heavy atom. The molecule has 2 aliphatic heterocycles. The summed E-state index contributed by atoms with van der Waals surface area (Å²) in [5.74, 6) is -0.00706. The molecular weight excluding hydrogens is 358 g/mol. The van der Waals surface area contributed by atoms with Crippen molar-refractivity contribution in [1.82, 2.24) is 15.5 Å². The summed E-state index contributed by atoms with van der Waals surface area (Å²) in [7, 11) is 0. The first-order valence-electron chi connectivity index (χ1n) is 8.93. The predicted octanol–water partition coefficient (Wildman–Crippen LogP) is 3.10. The highest BCUT2D eigenvalue weighted by molar-refractivity contribution is 7.98. The van der Waals surface area contributed by atoms with E-state index in [0.717, 1.165) is 22.6 Å². The van der Waals surface area contributed by atoms with Gasteiger partial charge in [-0.15, -0.1) is 11.8 Å². The van der Waals surface area contributed by atoms with Crippen molar-refractivity contribution >= 4 is 23.7 Å². The Bertz CT molecular complexity index is 893. The average Bonchev–Trinajstić information content (AvgIpc) is 3.02. The van der Waals surface area contributed by atoms with Crippen LogP contribution in [0.5, 0.6) is 0 Å². The number of nitrogens with one attached hydrogen (secondary N) is 2. The molecule has 0 unspecified atom stereocenters. The molecule has 27 heavy (non-hydrogen) atoms. The summed E-state index contributed by atoms with van der Waals surface area (Å²) in [6.07, 6.45) is 2.81. The molecule has 5 nitrogen and oxygen atoms in total. The number of amides is 3. The number of thioether (sulfide) groups is 1. The molecule has 0 saturated heterocycles. The molecule has 1 atom stereocenters. The molecule has 0 radical (unpaired) electrons. The van der Waals surface area contributed by atoms with Crippen LogP contribution in [0.3, 0.4) is 0 Å². The van der Waals surface area contributed by atoms with Crippen molar-refractivity contribution in [3.8, 4) is 0 Å². The second-order valence-corrected chi connectivity index (χ2v) is 7.54. The smallest absolute Gasteiger partial charge is 0.319 e. The van der Waals surface area contributed by atoms with Gasteiger partial charge >= 0.3 is 6.03 Å². The number of nitrogens with zero attached hydrogens (tertiary/aromatic N) is 1. The van der Waals surface area contributed by atoms with Gasteiger partial charge in [0.25, 0.3) is 5.91 Å². The van der Waals surface area contributed by atoms with E-state index in [9.17, 15) is 9.59 Å². The van der Waals surface area contributed by atoms with E-state index >= 15 is 0 Å². The minimum Gasteiger partial charge on any atom is -0.333 e. The van der Waals surface area contributed by atoms with Gasteiger partial charge in [0.05, 0.1) is 23.9 Å². The highest BCUT2D eigenvalue weighted by Crippen LogP contribution is 2.33. The molecule has 3 amide bonds. The lowest BCUT2D eigenvalue weighted by molar-refractivity contribution is -0.125. The Hall–Kier alpha value is -2.73. The standard InChI is InChI=1S/C21H21N3O2S/c1-27-16-9-7-15(8-10-16)19-18-17(22-21(26)23-19)13-24(20(18)25)12-11-14-5-3-2-4-6-14/h2-10,19H,11-13H2,1H3,(H2,22,23,26)/t19-/m1/s1. The molecule has 2 aliphatic rings. The Balaban J connectivity index is 1.54. The van der Waals surface area contributed by atoms with Crippen LogP contribution < -0.4 is 10.6 Å². The monoisotopic (exact) mass is 379 g/mol. The number of carbonyl (C=O) groups is 2. The fraction of sp³-hybridized carbons (Fsp3) is 0.238. The van der Waals surface area contributed by atoms with Crippen molar-refractivity contribution < 1.29 is 9.59 Å². The van der Waals surface area contributed by atoms with E-state index in [-0.39, 0.29) is 11.9 Å². The van der Waals surface area contributed by atoms with Crippen LogP contribution in [0.2, 0.25) is 0 Å². The third-order valence-electron chi connectivity index (χ3n) is 4.98. The van der Waals surface area contributed by atoms with E-state index in [0.29, 0.717) is 18.7 Å². The topological polar surface area (TPSA) is 61.4 Å². The Kier molecular flexibility index (Phi) is 4.90. The number of urea groups is 1. The van der Waals surface area contributed by atoms with Gasteiger partial charge in [-0.05, 0) is 35.9 Å². The summed E-state index contributed by atoms with van der Waals surface area (Å²) in [5.41, 5.74) is 3.49. The van der Waals surface area contributed by atoms with Crippen LogP contribution in [0.25, 0.3) is 0 Å². The Labute approximate surface area is 162 Å². The molecule has 2 heterocycles. The summed E-state index contributed by atoms with van der Waals surface area (Å²) in [6, 6.07) is 17.4. The maximum atomic E-state index is 13.0. The van der Waals surface area contributed by atoms with Crippen molar-refractivity contribution in [2.24, 2.45) is 0 Å². The third-order valence-corrected chi connectivity index (χ3v) is 5.73. The minimum absolute atomic E-state index is 0.00706. The lowest BCUT2D eigenvalue weighted by Crippen LogP contribution is -2.44. The van der Waals surface area contributed by atoms with Gasteiger partial charge in [0.2, 0.25) is 0 Å². The van der Waals surface area contributed by atoms with Crippen LogP contribution >= 0.6 is 11.8 Å². The lowest BCUT2D eigenvalue weighted by atomic mass is 9.96. The molecule has 2 aromatic rings. The molecule has 0 spiro atoms. The van der Waals surface area contributed by atoms with Gasteiger partial charge in [0, 0.05) is 11.4 Å². The SMILES string of the molecule is CSc1ccc([C@H]2NC(=O)NC3=C2C(=O)N(CCc2ccccc2)C3)cc1. The average molecular weight is 379 g/mol. The molecule has 2 N–H and O–H groups in total. The number of carbonyl (C=O) groups excluding carboxylic acids is 2. The molecule has 0 aliphatic carbocycles. The molecule has 138 valence electrons. The first-order chi connectivity index (χ1) is 13.2. The van der Waals surface area contributed by atoms with Crippen LogP contribution in [0.4, 0.5) is 4.79 Å². The van der Waals surface area contributed by atoms with Crippen molar-refractivity contribution in [2.45, 2.75) is 17.4 Å². The fourth-order valence-electron chi connectivity index (χ4n) is 3.56. The Morgan fingerprint density at radius 1 is 1.07 bits per heavy atom. The summed E-state index contributed by atoms with van der Waals surface area (Å²) in [4.78, 5) is 28.1. The summed E-state index contributed by atoms with van der Waals surface area (Å²) in [6.45, 7) is 1.08. The van der Waals surface area contributed by atoms with E-state index in [1.165, 1.54) is 5.56 Å². The predicted molar refractivity (Wildman–Crippen MR) is 106 cm³/mol. The van der Waals surface area contributed by atoms with Gasteiger partial charge < -0.3 is 15.5 Å². The van der Waals surface area contributed by atoms with E-state index < -0.39 is 6.04 Å². The first-order valence-corrected chi connectivity index (χ1v) is 10.2. The normalized spacial score (nSPS) is 19.0. The molecule has 0 bridgehead atoms. The fourth-order valence-corrected chi connectivity index (χ4v) is 3.97. The quantitative estimate of drug-likeness (QED) is 0.785. The summed E-state index contributed by atoms with van der Waals surface area (Å²) < 4.78 is 0. The molecule has 6 heteroatoms. The molecule has 0 fully saturated rings. The van der Waals surface area contributed by atoms with Crippen LogP contribution in [-0.2, 0) is 11.2 Å². The zero-order valence-electron chi connectivity index (χ0n) is 15.1. The second kappa shape index (κ2) is 7.48. The number of benzene rings is 2. The Morgan fingerprint density at radius 3 is 2.52 bits per heavy atom. The van der Waals surface area contributed by atoms with Crippen molar-refractivity contribution in [3.05, 3.63) is 77.0 Å². The lowest BCUT2D eigenvalue weighted by Gasteiger charge is -2.25. The van der Waals surface area contributed by atoms with E-state index in [4.69, 9.17) is 0 Å². The maximum absolute atomic E-state index is 13.0. The van der Waals surface area contributed by atoms with Crippen molar-refractivity contribution in [2.75, 3.05) is 19.3 Å². The van der Waals surface area contributed by atoms with Gasteiger partial charge in [-0.2, -0.15) is 0 Å². The molecular formula is C21H21N3O2S. The van der Waals surface area contributed by atoms with E-state index in [1.54, 1.807) is 11.8 Å². The van der Waals surface area contributed by atoms with Crippen LogP contribution in [0, 0.1) is 0 Å². The minimum atomic E-state index is -0.404.